The van der Waals surface area contributed by atoms with Gasteiger partial charge in [0.25, 0.3) is 5.91 Å². The van der Waals surface area contributed by atoms with Crippen molar-refractivity contribution in [2.75, 3.05) is 25.0 Å². The second-order valence-electron chi connectivity index (χ2n) is 7.55. The quantitative estimate of drug-likeness (QED) is 0.878. The lowest BCUT2D eigenvalue weighted by Gasteiger charge is -2.33. The third-order valence-corrected chi connectivity index (χ3v) is 5.44. The van der Waals surface area contributed by atoms with E-state index in [9.17, 15) is 14.0 Å². The highest BCUT2D eigenvalue weighted by atomic mass is 19.1. The predicted octanol–water partition coefficient (Wildman–Crippen LogP) is 3.63. The Morgan fingerprint density at radius 2 is 1.79 bits per heavy atom. The Labute approximate surface area is 163 Å². The molecule has 3 unspecified atom stereocenters. The molecular weight excluding hydrogens is 359 g/mol. The van der Waals surface area contributed by atoms with Gasteiger partial charge in [0.05, 0.1) is 13.2 Å². The first-order valence-corrected chi connectivity index (χ1v) is 9.58. The number of anilines is 1. The topological polar surface area (TPSA) is 58.6 Å². The Bertz CT molecular complexity index is 866. The summed E-state index contributed by atoms with van der Waals surface area (Å²) in [5.74, 6) is 0.232. The van der Waals surface area contributed by atoms with Gasteiger partial charge in [0, 0.05) is 23.7 Å². The number of carbonyl (C=O) groups is 2. The molecule has 2 aromatic carbocycles. The lowest BCUT2D eigenvalue weighted by molar-refractivity contribution is -0.117. The summed E-state index contributed by atoms with van der Waals surface area (Å²) in [4.78, 5) is 26.6. The predicted molar refractivity (Wildman–Crippen MR) is 103 cm³/mol. The lowest BCUT2D eigenvalue weighted by Crippen LogP contribution is -2.42. The molecule has 0 bridgehead atoms. The number of amides is 2. The molecule has 1 N–H and O–H groups in total. The monoisotopic (exact) mass is 382 g/mol. The number of nitrogens with one attached hydrogen (secondary N) is 1. The largest absolute Gasteiger partial charge is 0.370 e. The average molecular weight is 382 g/mol. The van der Waals surface area contributed by atoms with Crippen molar-refractivity contribution in [2.24, 2.45) is 11.8 Å². The maximum atomic E-state index is 13.1. The summed E-state index contributed by atoms with van der Waals surface area (Å²) in [6.07, 6.45) is 0.673. The van der Waals surface area contributed by atoms with Crippen molar-refractivity contribution in [3.05, 3.63) is 65.5 Å². The van der Waals surface area contributed by atoms with Crippen LogP contribution in [0.25, 0.3) is 0 Å². The number of rotatable bonds is 4. The van der Waals surface area contributed by atoms with E-state index in [-0.39, 0.29) is 29.7 Å². The van der Waals surface area contributed by atoms with Crippen molar-refractivity contribution in [2.45, 2.75) is 19.4 Å². The summed E-state index contributed by atoms with van der Waals surface area (Å²) < 4.78 is 18.9. The minimum Gasteiger partial charge on any atom is -0.370 e. The van der Waals surface area contributed by atoms with Gasteiger partial charge in [0.2, 0.25) is 5.91 Å². The first-order chi connectivity index (χ1) is 13.5. The van der Waals surface area contributed by atoms with Crippen LogP contribution in [0.2, 0.25) is 0 Å². The Balaban J connectivity index is 1.39. The molecule has 1 saturated heterocycles. The van der Waals surface area contributed by atoms with Crippen molar-refractivity contribution in [1.82, 2.24) is 4.90 Å². The summed E-state index contributed by atoms with van der Waals surface area (Å²) in [6.45, 7) is 3.42. The third kappa shape index (κ3) is 4.07. The molecule has 6 heteroatoms. The minimum absolute atomic E-state index is 0.0434. The first-order valence-electron chi connectivity index (χ1n) is 9.58. The summed E-state index contributed by atoms with van der Waals surface area (Å²) in [5.41, 5.74) is 2.12. The summed E-state index contributed by atoms with van der Waals surface area (Å²) in [6, 6.07) is 13.2. The van der Waals surface area contributed by atoms with Gasteiger partial charge >= 0.3 is 0 Å². The fourth-order valence-electron chi connectivity index (χ4n) is 3.51. The molecule has 1 aliphatic heterocycles. The minimum atomic E-state index is -0.296. The third-order valence-electron chi connectivity index (χ3n) is 5.44. The Morgan fingerprint density at radius 3 is 2.43 bits per heavy atom. The molecule has 0 spiro atoms. The maximum Gasteiger partial charge on any atom is 0.254 e. The number of carbonyl (C=O) groups excluding carboxylic acids is 2. The molecule has 1 saturated carbocycles. The fourth-order valence-corrected chi connectivity index (χ4v) is 3.51. The van der Waals surface area contributed by atoms with E-state index in [1.807, 2.05) is 0 Å². The van der Waals surface area contributed by atoms with Crippen LogP contribution in [0.15, 0.2) is 48.5 Å². The zero-order valence-electron chi connectivity index (χ0n) is 15.7. The molecule has 5 nitrogen and oxygen atoms in total. The highest BCUT2D eigenvalue weighted by Gasteiger charge is 2.39. The van der Waals surface area contributed by atoms with E-state index in [0.717, 1.165) is 12.0 Å². The number of nitrogens with zero attached hydrogens (tertiary/aromatic N) is 1. The highest BCUT2D eigenvalue weighted by molar-refractivity contribution is 5.97. The SMILES string of the molecule is CC1CC1C(=O)Nc1ccc(C(=O)N2CCOC(c3ccc(F)cc3)C2)cc1. The molecule has 2 aromatic rings. The van der Waals surface area contributed by atoms with Crippen LogP contribution in [0.3, 0.4) is 0 Å². The van der Waals surface area contributed by atoms with Crippen molar-refractivity contribution < 1.29 is 18.7 Å². The Morgan fingerprint density at radius 1 is 1.11 bits per heavy atom. The number of hydrogen-bond acceptors (Lipinski definition) is 3. The van der Waals surface area contributed by atoms with E-state index in [4.69, 9.17) is 4.74 Å². The number of halogens is 1. The number of ether oxygens (including phenoxy) is 1. The van der Waals surface area contributed by atoms with Gasteiger partial charge in [-0.25, -0.2) is 4.39 Å². The Hall–Kier alpha value is -2.73. The van der Waals surface area contributed by atoms with Gasteiger partial charge < -0.3 is 15.0 Å². The lowest BCUT2D eigenvalue weighted by atomic mass is 10.1. The Kier molecular flexibility index (Phi) is 5.13. The van der Waals surface area contributed by atoms with Gasteiger partial charge in [0.1, 0.15) is 11.9 Å². The molecule has 3 atom stereocenters. The van der Waals surface area contributed by atoms with Gasteiger partial charge in [0.15, 0.2) is 0 Å². The van der Waals surface area contributed by atoms with E-state index in [1.54, 1.807) is 41.3 Å². The van der Waals surface area contributed by atoms with Gasteiger partial charge in [-0.3, -0.25) is 9.59 Å². The summed E-state index contributed by atoms with van der Waals surface area (Å²) >= 11 is 0. The van der Waals surface area contributed by atoms with Crippen LogP contribution in [0.1, 0.15) is 35.4 Å². The molecule has 1 heterocycles. The second-order valence-corrected chi connectivity index (χ2v) is 7.55. The maximum absolute atomic E-state index is 13.1. The van der Waals surface area contributed by atoms with Gasteiger partial charge in [-0.15, -0.1) is 0 Å². The van der Waals surface area contributed by atoms with Crippen molar-refractivity contribution >= 4 is 17.5 Å². The highest BCUT2D eigenvalue weighted by Crippen LogP contribution is 2.38. The zero-order chi connectivity index (χ0) is 19.7. The molecule has 1 aliphatic carbocycles. The van der Waals surface area contributed by atoms with Crippen molar-refractivity contribution in [3.63, 3.8) is 0 Å². The van der Waals surface area contributed by atoms with E-state index in [2.05, 4.69) is 12.2 Å². The fraction of sp³-hybridized carbons (Fsp3) is 0.364. The summed E-state index contributed by atoms with van der Waals surface area (Å²) in [5, 5.41) is 2.90. The van der Waals surface area contributed by atoms with Gasteiger partial charge in [-0.2, -0.15) is 0 Å². The number of benzene rings is 2. The number of morpholine rings is 1. The van der Waals surface area contributed by atoms with Crippen LogP contribution in [0, 0.1) is 17.7 Å². The van der Waals surface area contributed by atoms with Crippen LogP contribution in [0.4, 0.5) is 10.1 Å². The number of hydrogen-bond donors (Lipinski definition) is 1. The molecule has 2 aliphatic rings. The van der Waals surface area contributed by atoms with Crippen LogP contribution in [-0.2, 0) is 9.53 Å². The second kappa shape index (κ2) is 7.72. The average Bonchev–Trinajstić information content (AvgIpc) is 3.45. The molecule has 0 aromatic heterocycles. The van der Waals surface area contributed by atoms with E-state index >= 15 is 0 Å². The molecule has 0 radical (unpaired) electrons. The molecule has 146 valence electrons. The first kappa shape index (κ1) is 18.6. The van der Waals surface area contributed by atoms with Crippen LogP contribution in [0.5, 0.6) is 0 Å². The van der Waals surface area contributed by atoms with Crippen LogP contribution < -0.4 is 5.32 Å². The molecular formula is C22H23FN2O3. The zero-order valence-corrected chi connectivity index (χ0v) is 15.7. The molecule has 2 amide bonds. The van der Waals surface area contributed by atoms with Crippen molar-refractivity contribution in [1.29, 1.82) is 0 Å². The van der Waals surface area contributed by atoms with Crippen LogP contribution in [-0.4, -0.2) is 36.4 Å². The normalized spacial score (nSPS) is 23.9. The molecule has 4 rings (SSSR count). The van der Waals surface area contributed by atoms with Gasteiger partial charge in [-0.1, -0.05) is 19.1 Å². The van der Waals surface area contributed by atoms with E-state index in [1.165, 1.54) is 12.1 Å². The van der Waals surface area contributed by atoms with Crippen LogP contribution >= 0.6 is 0 Å². The van der Waals surface area contributed by atoms with E-state index < -0.39 is 0 Å². The molecule has 2 fully saturated rings. The van der Waals surface area contributed by atoms with Gasteiger partial charge in [-0.05, 0) is 54.3 Å². The smallest absolute Gasteiger partial charge is 0.254 e. The van der Waals surface area contributed by atoms with E-state index in [0.29, 0.717) is 36.9 Å². The standard InChI is InChI=1S/C22H23FN2O3/c1-14-12-19(14)21(26)24-18-8-4-16(5-9-18)22(27)25-10-11-28-20(13-25)15-2-6-17(23)7-3-15/h2-9,14,19-20H,10-13H2,1H3,(H,24,26). The summed E-state index contributed by atoms with van der Waals surface area (Å²) in [7, 11) is 0. The molecule has 28 heavy (non-hydrogen) atoms. The van der Waals surface area contributed by atoms with Crippen molar-refractivity contribution in [3.8, 4) is 0 Å².